The lowest BCUT2D eigenvalue weighted by Crippen LogP contribution is -2.43. The quantitative estimate of drug-likeness (QED) is 0.334. The second-order valence-electron chi connectivity index (χ2n) is 9.00. The first-order valence-electron chi connectivity index (χ1n) is 12.3. The second-order valence-corrected chi connectivity index (χ2v) is 9.00. The highest BCUT2D eigenvalue weighted by Crippen LogP contribution is 2.35. The van der Waals surface area contributed by atoms with Gasteiger partial charge in [0, 0.05) is 56.9 Å². The van der Waals surface area contributed by atoms with Gasteiger partial charge in [0.15, 0.2) is 23.2 Å². The number of anilines is 3. The molecule has 0 atom stereocenters. The van der Waals surface area contributed by atoms with Gasteiger partial charge < -0.3 is 30.2 Å². The van der Waals surface area contributed by atoms with Crippen molar-refractivity contribution in [1.82, 2.24) is 30.2 Å². The second kappa shape index (κ2) is 10.6. The van der Waals surface area contributed by atoms with Crippen molar-refractivity contribution in [2.45, 2.75) is 13.8 Å². The predicted octanol–water partition coefficient (Wildman–Crippen LogP) is 3.98. The molecular weight excluding hydrogens is 494 g/mol. The van der Waals surface area contributed by atoms with Crippen LogP contribution in [0, 0.1) is 18.6 Å². The number of aromatic nitrogens is 4. The van der Waals surface area contributed by atoms with Crippen molar-refractivity contribution in [2.24, 2.45) is 0 Å². The molecule has 0 saturated carbocycles. The third kappa shape index (κ3) is 4.94. The molecule has 0 unspecified atom stereocenters. The Morgan fingerprint density at radius 2 is 1.97 bits per heavy atom. The normalized spacial score (nSPS) is 13.6. The van der Waals surface area contributed by atoms with Crippen molar-refractivity contribution >= 4 is 34.1 Å². The number of aromatic amines is 1. The monoisotopic (exact) mass is 522 g/mol. The zero-order valence-electron chi connectivity index (χ0n) is 21.3. The van der Waals surface area contributed by atoms with Crippen LogP contribution in [0.3, 0.4) is 0 Å². The molecule has 1 aromatic carbocycles. The van der Waals surface area contributed by atoms with Crippen molar-refractivity contribution in [2.75, 3.05) is 50.0 Å². The molecule has 12 heteroatoms. The molecule has 38 heavy (non-hydrogen) atoms. The molecule has 3 aromatic heterocycles. The minimum absolute atomic E-state index is 0.0324. The molecule has 1 fully saturated rings. The van der Waals surface area contributed by atoms with Gasteiger partial charge >= 0.3 is 0 Å². The molecule has 1 aliphatic heterocycles. The summed E-state index contributed by atoms with van der Waals surface area (Å²) in [4.78, 5) is 32.6. The molecule has 5 rings (SSSR count). The smallest absolute Gasteiger partial charge is 0.262 e. The molecule has 10 nitrogen and oxygen atoms in total. The highest BCUT2D eigenvalue weighted by molar-refractivity contribution is 6.01. The molecule has 1 aliphatic rings. The number of ether oxygens (including phenoxy) is 1. The van der Waals surface area contributed by atoms with E-state index in [0.29, 0.717) is 18.1 Å². The van der Waals surface area contributed by atoms with Crippen LogP contribution in [-0.4, -0.2) is 70.5 Å². The van der Waals surface area contributed by atoms with Gasteiger partial charge in [-0.2, -0.15) is 0 Å². The van der Waals surface area contributed by atoms with Gasteiger partial charge in [0.25, 0.3) is 5.91 Å². The number of nitrogens with one attached hydrogen (secondary N) is 3. The van der Waals surface area contributed by atoms with Gasteiger partial charge in [0.05, 0.1) is 17.4 Å². The minimum Gasteiger partial charge on any atom is -0.435 e. The lowest BCUT2D eigenvalue weighted by atomic mass is 10.2. The maximum absolute atomic E-state index is 15.3. The zero-order valence-corrected chi connectivity index (χ0v) is 21.3. The number of carbonyl (C=O) groups excluding carboxylic acids is 1. The fourth-order valence-corrected chi connectivity index (χ4v) is 4.27. The van der Waals surface area contributed by atoms with E-state index in [-0.39, 0.29) is 28.2 Å². The summed E-state index contributed by atoms with van der Waals surface area (Å²) in [5.41, 5.74) is 1.59. The lowest BCUT2D eigenvalue weighted by Gasteiger charge is -2.29. The van der Waals surface area contributed by atoms with E-state index in [4.69, 9.17) is 4.74 Å². The van der Waals surface area contributed by atoms with E-state index < -0.39 is 23.3 Å². The number of H-pyrrole nitrogens is 1. The first-order valence-corrected chi connectivity index (χ1v) is 12.3. The first kappa shape index (κ1) is 25.3. The van der Waals surface area contributed by atoms with E-state index in [0.717, 1.165) is 37.9 Å². The van der Waals surface area contributed by atoms with Crippen molar-refractivity contribution in [3.8, 4) is 11.6 Å². The van der Waals surface area contributed by atoms with Crippen molar-refractivity contribution < 1.29 is 18.3 Å². The maximum Gasteiger partial charge on any atom is 0.262 e. The third-order valence-electron chi connectivity index (χ3n) is 6.43. The first-order chi connectivity index (χ1) is 18.4. The van der Waals surface area contributed by atoms with Crippen molar-refractivity contribution in [3.63, 3.8) is 0 Å². The fraction of sp³-hybridized carbons (Fsp3) is 0.308. The van der Waals surface area contributed by atoms with Gasteiger partial charge in [-0.15, -0.1) is 0 Å². The molecule has 1 saturated heterocycles. The van der Waals surface area contributed by atoms with Crippen LogP contribution in [-0.2, 0) is 0 Å². The number of hydrogen-bond acceptors (Lipinski definition) is 8. The van der Waals surface area contributed by atoms with Crippen LogP contribution in [0.2, 0.25) is 0 Å². The summed E-state index contributed by atoms with van der Waals surface area (Å²) in [6.45, 7) is 7.47. The molecule has 4 heterocycles. The Hall–Kier alpha value is -4.32. The summed E-state index contributed by atoms with van der Waals surface area (Å²) in [5, 5.41) is 6.41. The number of piperazine rings is 1. The minimum atomic E-state index is -0.772. The summed E-state index contributed by atoms with van der Waals surface area (Å²) in [6.07, 6.45) is 2.93. The summed E-state index contributed by atoms with van der Waals surface area (Å²) in [5.74, 6) is -1.95. The summed E-state index contributed by atoms with van der Waals surface area (Å²) in [6, 6.07) is 6.14. The molecular formula is C26H28F2N8O2. The Balaban J connectivity index is 1.50. The van der Waals surface area contributed by atoms with Crippen LogP contribution >= 0.6 is 0 Å². The number of pyridine rings is 1. The number of hydrogen-bond donors (Lipinski definition) is 3. The van der Waals surface area contributed by atoms with Gasteiger partial charge in [-0.25, -0.2) is 23.7 Å². The van der Waals surface area contributed by atoms with Gasteiger partial charge in [-0.05, 0) is 32.0 Å². The predicted molar refractivity (Wildman–Crippen MR) is 140 cm³/mol. The topological polar surface area (TPSA) is 111 Å². The lowest BCUT2D eigenvalue weighted by molar-refractivity contribution is 0.0799. The highest BCUT2D eigenvalue weighted by atomic mass is 19.1. The molecule has 1 amide bonds. The van der Waals surface area contributed by atoms with Gasteiger partial charge in [0.2, 0.25) is 5.88 Å². The average Bonchev–Trinajstić information content (AvgIpc) is 3.34. The fourth-order valence-electron chi connectivity index (χ4n) is 4.27. The van der Waals surface area contributed by atoms with Crippen LogP contribution in [0.25, 0.3) is 10.9 Å². The van der Waals surface area contributed by atoms with E-state index in [9.17, 15) is 9.18 Å². The Labute approximate surface area is 218 Å². The van der Waals surface area contributed by atoms with Crippen molar-refractivity contribution in [3.05, 3.63) is 59.7 Å². The molecule has 0 spiro atoms. The third-order valence-corrected chi connectivity index (χ3v) is 6.43. The van der Waals surface area contributed by atoms with Crippen molar-refractivity contribution in [1.29, 1.82) is 0 Å². The number of benzene rings is 1. The van der Waals surface area contributed by atoms with Gasteiger partial charge in [-0.3, -0.25) is 4.79 Å². The molecule has 0 radical (unpaired) electrons. The maximum atomic E-state index is 15.3. The highest BCUT2D eigenvalue weighted by Gasteiger charge is 2.26. The van der Waals surface area contributed by atoms with Crippen LogP contribution in [0.4, 0.5) is 26.1 Å². The number of rotatable bonds is 7. The average molecular weight is 523 g/mol. The SMILES string of the molecule is CCN(C)C(=O)c1c(Nc2ccc(N3CCNCC3)cn2)ncnc1Oc1cc(F)c2[nH]c(C)cc2c1F. The standard InChI is InChI=1S/C26H28F2N8O2/c1-4-35(3)26(37)21-24(34-20-6-5-16(13-30-20)36-9-7-29-8-10-36)31-14-32-25(21)38-19-12-18(27)23-17(22(19)28)11-15(2)33-23/h5-6,11-14,29,33H,4,7-10H2,1-3H3,(H,30,31,32,34). The zero-order chi connectivity index (χ0) is 26.8. The molecule has 198 valence electrons. The molecule has 0 aliphatic carbocycles. The van der Waals surface area contributed by atoms with E-state index in [1.165, 1.54) is 17.3 Å². The number of fused-ring (bicyclic) bond motifs is 1. The van der Waals surface area contributed by atoms with Crippen LogP contribution < -0.4 is 20.3 Å². The summed E-state index contributed by atoms with van der Waals surface area (Å²) < 4.78 is 35.7. The van der Waals surface area contributed by atoms with E-state index in [1.54, 1.807) is 26.2 Å². The Morgan fingerprint density at radius 1 is 1.18 bits per heavy atom. The van der Waals surface area contributed by atoms with E-state index in [1.807, 2.05) is 13.0 Å². The summed E-state index contributed by atoms with van der Waals surface area (Å²) in [7, 11) is 1.61. The van der Waals surface area contributed by atoms with Crippen LogP contribution in [0.1, 0.15) is 23.0 Å². The number of halogens is 2. The van der Waals surface area contributed by atoms with Gasteiger partial charge in [0.1, 0.15) is 17.7 Å². The Bertz CT molecular complexity index is 1470. The van der Waals surface area contributed by atoms with Crippen LogP contribution in [0.15, 0.2) is 36.8 Å². The van der Waals surface area contributed by atoms with Gasteiger partial charge in [-0.1, -0.05) is 0 Å². The number of aryl methyl sites for hydroxylation is 1. The number of carbonyl (C=O) groups is 1. The summed E-state index contributed by atoms with van der Waals surface area (Å²) >= 11 is 0. The van der Waals surface area contributed by atoms with E-state index >= 15 is 4.39 Å². The van der Waals surface area contributed by atoms with Crippen LogP contribution in [0.5, 0.6) is 11.6 Å². The Kier molecular flexibility index (Phi) is 7.05. The van der Waals surface area contributed by atoms with E-state index in [2.05, 4.69) is 35.5 Å². The largest absolute Gasteiger partial charge is 0.435 e. The number of amides is 1. The molecule has 3 N–H and O–H groups in total. The molecule has 4 aromatic rings. The number of nitrogens with zero attached hydrogens (tertiary/aromatic N) is 5. The molecule has 0 bridgehead atoms. The Morgan fingerprint density at radius 3 is 2.68 bits per heavy atom.